The van der Waals surface area contributed by atoms with Crippen LogP contribution in [0.4, 0.5) is 11.8 Å². The average molecular weight is 546 g/mol. The summed E-state index contributed by atoms with van der Waals surface area (Å²) in [4.78, 5) is 39.6. The van der Waals surface area contributed by atoms with Crippen molar-refractivity contribution in [3.63, 3.8) is 0 Å². The molecule has 1 aliphatic heterocycles. The number of carbonyl (C=O) groups is 1. The Morgan fingerprint density at radius 2 is 1.79 bits per heavy atom. The van der Waals surface area contributed by atoms with Gasteiger partial charge in [-0.15, -0.1) is 0 Å². The summed E-state index contributed by atoms with van der Waals surface area (Å²) in [6, 6.07) is 9.63. The highest BCUT2D eigenvalue weighted by Gasteiger charge is 2.18. The molecular weight excluding hydrogens is 510 g/mol. The first kappa shape index (κ1) is 28.2. The predicted octanol–water partition coefficient (Wildman–Crippen LogP) is 3.31. The molecule has 204 valence electrons. The monoisotopic (exact) mass is 545 g/mol. The van der Waals surface area contributed by atoms with Crippen LogP contribution in [0.15, 0.2) is 55.2 Å². The number of aromatic nitrogens is 5. The number of anilines is 2. The molecule has 1 saturated heterocycles. The van der Waals surface area contributed by atoms with E-state index in [9.17, 15) is 4.79 Å². The summed E-state index contributed by atoms with van der Waals surface area (Å²) in [6.45, 7) is 9.98. The number of rotatable bonds is 8. The van der Waals surface area contributed by atoms with Gasteiger partial charge in [0, 0.05) is 81.3 Å². The zero-order valence-corrected chi connectivity index (χ0v) is 23.6. The van der Waals surface area contributed by atoms with Gasteiger partial charge in [-0.1, -0.05) is 32.0 Å². The first-order valence-corrected chi connectivity index (χ1v) is 13.0. The van der Waals surface area contributed by atoms with E-state index in [-0.39, 0.29) is 25.3 Å². The standard InChI is InChI=1S/C28H33N9O.H2S/c1-4-36-10-12-37(13-11-36)28-32-16-20(17-33-28)24-14-25(35-18-34-24)31-15-19(2)21-6-5-7-22-23(27(38)29-3)8-9-30-26(21)22;/h5-9,14,16-19H,4,10-13,15H2,1-3H3,(H,29,38)(H,31,34,35);1H2/t19-;/m1./s1. The lowest BCUT2D eigenvalue weighted by Gasteiger charge is -2.33. The van der Waals surface area contributed by atoms with Crippen LogP contribution in [0, 0.1) is 0 Å². The van der Waals surface area contributed by atoms with E-state index >= 15 is 0 Å². The first-order valence-electron chi connectivity index (χ1n) is 13.0. The van der Waals surface area contributed by atoms with Crippen molar-refractivity contribution in [2.45, 2.75) is 19.8 Å². The number of likely N-dealkylation sites (N-methyl/N-ethyl adjacent to an activating group) is 1. The molecular formula is C28H35N9OS. The van der Waals surface area contributed by atoms with Crippen LogP contribution < -0.4 is 15.5 Å². The third kappa shape index (κ3) is 6.26. The lowest BCUT2D eigenvalue weighted by Crippen LogP contribution is -2.46. The molecule has 1 amide bonds. The fraction of sp³-hybridized carbons (Fsp3) is 0.357. The van der Waals surface area contributed by atoms with E-state index in [0.29, 0.717) is 12.1 Å². The van der Waals surface area contributed by atoms with Crippen molar-refractivity contribution in [1.29, 1.82) is 0 Å². The Morgan fingerprint density at radius 3 is 2.51 bits per heavy atom. The number of piperazine rings is 1. The maximum atomic E-state index is 12.3. The zero-order valence-electron chi connectivity index (χ0n) is 22.6. The molecule has 39 heavy (non-hydrogen) atoms. The molecule has 1 aromatic carbocycles. The number of nitrogens with one attached hydrogen (secondary N) is 2. The number of para-hydroxylation sites is 1. The molecule has 0 saturated carbocycles. The van der Waals surface area contributed by atoms with Crippen LogP contribution in [-0.4, -0.2) is 82.0 Å². The van der Waals surface area contributed by atoms with Crippen LogP contribution in [0.5, 0.6) is 0 Å². The molecule has 0 spiro atoms. The minimum Gasteiger partial charge on any atom is -0.369 e. The molecule has 0 aliphatic carbocycles. The Bertz CT molecular complexity index is 1410. The summed E-state index contributed by atoms with van der Waals surface area (Å²) in [5.41, 5.74) is 4.13. The molecule has 5 rings (SSSR count). The van der Waals surface area contributed by atoms with E-state index in [1.54, 1.807) is 25.6 Å². The fourth-order valence-corrected chi connectivity index (χ4v) is 4.79. The highest BCUT2D eigenvalue weighted by molar-refractivity contribution is 7.59. The summed E-state index contributed by atoms with van der Waals surface area (Å²) in [5, 5.41) is 6.98. The van der Waals surface area contributed by atoms with Gasteiger partial charge in [-0.25, -0.2) is 19.9 Å². The van der Waals surface area contributed by atoms with Gasteiger partial charge in [-0.3, -0.25) is 9.78 Å². The van der Waals surface area contributed by atoms with E-state index < -0.39 is 0 Å². The summed E-state index contributed by atoms with van der Waals surface area (Å²) >= 11 is 0. The number of hydrogen-bond donors (Lipinski definition) is 2. The molecule has 1 atom stereocenters. The minimum atomic E-state index is -0.120. The molecule has 2 N–H and O–H groups in total. The summed E-state index contributed by atoms with van der Waals surface area (Å²) in [6.07, 6.45) is 6.89. The Hall–Kier alpha value is -3.83. The molecule has 11 heteroatoms. The SMILES string of the molecule is CCN1CCN(c2ncc(-c3cc(NC[C@@H](C)c4cccc5c(C(=O)NC)ccnc45)ncn3)cn2)CC1.S. The molecule has 3 aromatic heterocycles. The second kappa shape index (κ2) is 12.8. The second-order valence-corrected chi connectivity index (χ2v) is 9.44. The lowest BCUT2D eigenvalue weighted by atomic mass is 9.96. The largest absolute Gasteiger partial charge is 0.369 e. The molecule has 0 unspecified atom stereocenters. The predicted molar refractivity (Wildman–Crippen MR) is 160 cm³/mol. The molecule has 1 fully saturated rings. The summed E-state index contributed by atoms with van der Waals surface area (Å²) in [7, 11) is 1.63. The van der Waals surface area contributed by atoms with Crippen molar-refractivity contribution in [1.82, 2.24) is 35.1 Å². The number of amides is 1. The number of benzene rings is 1. The molecule has 10 nitrogen and oxygen atoms in total. The Balaban J connectivity index is 0.00000353. The van der Waals surface area contributed by atoms with E-state index in [0.717, 1.165) is 72.2 Å². The number of fused-ring (bicyclic) bond motifs is 1. The maximum Gasteiger partial charge on any atom is 0.251 e. The van der Waals surface area contributed by atoms with E-state index in [2.05, 4.69) is 65.3 Å². The highest BCUT2D eigenvalue weighted by Crippen LogP contribution is 2.27. The first-order chi connectivity index (χ1) is 18.6. The smallest absolute Gasteiger partial charge is 0.251 e. The van der Waals surface area contributed by atoms with Crippen molar-refractivity contribution < 1.29 is 4.79 Å². The quantitative estimate of drug-likeness (QED) is 0.344. The van der Waals surface area contributed by atoms with Gasteiger partial charge in [0.1, 0.15) is 12.1 Å². The maximum absolute atomic E-state index is 12.3. The summed E-state index contributed by atoms with van der Waals surface area (Å²) < 4.78 is 0. The number of carbonyl (C=O) groups excluding carboxylic acids is 1. The number of nitrogens with zero attached hydrogens (tertiary/aromatic N) is 7. The molecule has 1 aliphatic rings. The van der Waals surface area contributed by atoms with Gasteiger partial charge >= 0.3 is 0 Å². The zero-order chi connectivity index (χ0) is 26.5. The third-order valence-electron chi connectivity index (χ3n) is 7.10. The Kier molecular flexibility index (Phi) is 9.26. The normalized spacial score (nSPS) is 14.5. The van der Waals surface area contributed by atoms with Crippen LogP contribution in [0.25, 0.3) is 22.2 Å². The van der Waals surface area contributed by atoms with Crippen LogP contribution in [-0.2, 0) is 0 Å². The van der Waals surface area contributed by atoms with Gasteiger partial charge in [-0.2, -0.15) is 13.5 Å². The average Bonchev–Trinajstić information content (AvgIpc) is 2.99. The van der Waals surface area contributed by atoms with E-state index in [1.165, 1.54) is 0 Å². The van der Waals surface area contributed by atoms with Gasteiger partial charge in [0.05, 0.1) is 16.8 Å². The number of pyridine rings is 1. The van der Waals surface area contributed by atoms with E-state index in [4.69, 9.17) is 0 Å². The van der Waals surface area contributed by atoms with Crippen LogP contribution in [0.3, 0.4) is 0 Å². The Labute approximate surface area is 235 Å². The van der Waals surface area contributed by atoms with Gasteiger partial charge in [0.15, 0.2) is 0 Å². The minimum absolute atomic E-state index is 0. The van der Waals surface area contributed by atoms with Crippen molar-refractivity contribution in [3.8, 4) is 11.3 Å². The van der Waals surface area contributed by atoms with Crippen LogP contribution in [0.2, 0.25) is 0 Å². The molecule has 0 radical (unpaired) electrons. The van der Waals surface area contributed by atoms with Gasteiger partial charge in [0.25, 0.3) is 5.91 Å². The van der Waals surface area contributed by atoms with Gasteiger partial charge in [0.2, 0.25) is 5.95 Å². The summed E-state index contributed by atoms with van der Waals surface area (Å²) in [5.74, 6) is 1.49. The second-order valence-electron chi connectivity index (χ2n) is 9.44. The lowest BCUT2D eigenvalue weighted by molar-refractivity contribution is 0.0964. The van der Waals surface area contributed by atoms with Gasteiger partial charge in [-0.05, 0) is 18.2 Å². The highest BCUT2D eigenvalue weighted by atomic mass is 32.1. The third-order valence-corrected chi connectivity index (χ3v) is 7.10. The van der Waals surface area contributed by atoms with E-state index in [1.807, 2.05) is 30.6 Å². The van der Waals surface area contributed by atoms with Crippen molar-refractivity contribution >= 4 is 42.1 Å². The number of hydrogen-bond acceptors (Lipinski definition) is 9. The van der Waals surface area contributed by atoms with Crippen molar-refractivity contribution in [2.24, 2.45) is 0 Å². The van der Waals surface area contributed by atoms with Crippen LogP contribution >= 0.6 is 13.5 Å². The molecule has 4 heterocycles. The Morgan fingerprint density at radius 1 is 1.03 bits per heavy atom. The van der Waals surface area contributed by atoms with Crippen LogP contribution in [0.1, 0.15) is 35.7 Å². The molecule has 4 aromatic rings. The van der Waals surface area contributed by atoms with Gasteiger partial charge < -0.3 is 20.4 Å². The molecule has 0 bridgehead atoms. The van der Waals surface area contributed by atoms with Crippen molar-refractivity contribution in [2.75, 3.05) is 56.5 Å². The van der Waals surface area contributed by atoms with Crippen molar-refractivity contribution in [3.05, 3.63) is 66.4 Å². The topological polar surface area (TPSA) is 112 Å². The fourth-order valence-electron chi connectivity index (χ4n) is 4.79.